The maximum absolute atomic E-state index is 14.0. The van der Waals surface area contributed by atoms with E-state index in [0.717, 1.165) is 11.1 Å². The summed E-state index contributed by atoms with van der Waals surface area (Å²) in [5, 5.41) is 18.0. The summed E-state index contributed by atoms with van der Waals surface area (Å²) >= 11 is 0. The molecule has 1 heterocycles. The molecule has 0 saturated heterocycles. The first-order valence-corrected chi connectivity index (χ1v) is 14.0. The van der Waals surface area contributed by atoms with Gasteiger partial charge in [-0.1, -0.05) is 72.8 Å². The zero-order valence-corrected chi connectivity index (χ0v) is 24.3. The number of nitrogens with one attached hydrogen (secondary N) is 3. The lowest BCUT2D eigenvalue weighted by Gasteiger charge is -2.23. The Kier molecular flexibility index (Phi) is 9.75. The van der Waals surface area contributed by atoms with E-state index in [1.165, 1.54) is 19.2 Å². The second-order valence-corrected chi connectivity index (χ2v) is 9.79. The van der Waals surface area contributed by atoms with Crippen molar-refractivity contribution in [2.75, 3.05) is 34.5 Å². The van der Waals surface area contributed by atoms with E-state index >= 15 is 0 Å². The molecule has 0 spiro atoms. The van der Waals surface area contributed by atoms with E-state index in [0.29, 0.717) is 22.7 Å². The number of carboxylic acid groups (broad SMARTS) is 1. The molecule has 45 heavy (non-hydrogen) atoms. The van der Waals surface area contributed by atoms with Gasteiger partial charge < -0.3 is 25.4 Å². The van der Waals surface area contributed by atoms with Crippen LogP contribution < -0.4 is 25.6 Å². The molecule has 0 atom stereocenters. The van der Waals surface area contributed by atoms with Gasteiger partial charge in [-0.05, 0) is 41.5 Å². The van der Waals surface area contributed by atoms with Gasteiger partial charge in [0.25, 0.3) is 0 Å². The van der Waals surface area contributed by atoms with E-state index in [1.54, 1.807) is 41.3 Å². The molecule has 12 heteroatoms. The van der Waals surface area contributed by atoms with Crippen molar-refractivity contribution in [1.82, 2.24) is 15.0 Å². The molecule has 0 saturated carbocycles. The third kappa shape index (κ3) is 8.29. The summed E-state index contributed by atoms with van der Waals surface area (Å²) in [7, 11) is 1.49. The number of rotatable bonds is 12. The SMILES string of the molecule is COc1ccccc1NC(=O)Nc1nc(Nc2ccccc2-c2ccccc2)nc(N(CCC(=O)O)Cc2cccc(F)c2)n1. The van der Waals surface area contributed by atoms with Crippen LogP contribution in [0.1, 0.15) is 12.0 Å². The summed E-state index contributed by atoms with van der Waals surface area (Å²) in [6.45, 7) is 0.102. The van der Waals surface area contributed by atoms with Crippen LogP contribution in [0.15, 0.2) is 103 Å². The number of hydrogen-bond acceptors (Lipinski definition) is 8. The second-order valence-electron chi connectivity index (χ2n) is 9.79. The first-order chi connectivity index (χ1) is 21.9. The van der Waals surface area contributed by atoms with Gasteiger partial charge in [-0.25, -0.2) is 9.18 Å². The van der Waals surface area contributed by atoms with Gasteiger partial charge in [0.1, 0.15) is 11.6 Å². The Hall–Kier alpha value is -6.04. The Morgan fingerprint density at radius 3 is 2.29 bits per heavy atom. The summed E-state index contributed by atoms with van der Waals surface area (Å²) in [6.07, 6.45) is -0.238. The van der Waals surface area contributed by atoms with E-state index in [1.807, 2.05) is 54.6 Å². The average molecular weight is 608 g/mol. The number of amides is 2. The highest BCUT2D eigenvalue weighted by Crippen LogP contribution is 2.30. The normalized spacial score (nSPS) is 10.5. The lowest BCUT2D eigenvalue weighted by atomic mass is 10.0. The Bertz CT molecular complexity index is 1790. The van der Waals surface area contributed by atoms with Crippen LogP contribution in [0.3, 0.4) is 0 Å². The van der Waals surface area contributed by atoms with Crippen molar-refractivity contribution in [2.24, 2.45) is 0 Å². The second kappa shape index (κ2) is 14.4. The third-order valence-electron chi connectivity index (χ3n) is 6.60. The zero-order chi connectivity index (χ0) is 31.6. The van der Waals surface area contributed by atoms with Crippen LogP contribution in [0.5, 0.6) is 5.75 Å². The molecule has 0 aliphatic heterocycles. The summed E-state index contributed by atoms with van der Waals surface area (Å²) in [6, 6.07) is 29.5. The number of aromatic nitrogens is 3. The topological polar surface area (TPSA) is 142 Å². The van der Waals surface area contributed by atoms with Crippen molar-refractivity contribution in [3.8, 4) is 16.9 Å². The van der Waals surface area contributed by atoms with Gasteiger partial charge in [0.15, 0.2) is 0 Å². The molecule has 0 aliphatic carbocycles. The van der Waals surface area contributed by atoms with Gasteiger partial charge in [-0.2, -0.15) is 15.0 Å². The highest BCUT2D eigenvalue weighted by molar-refractivity contribution is 5.99. The van der Waals surface area contributed by atoms with Crippen LogP contribution >= 0.6 is 0 Å². The number of nitrogens with zero attached hydrogens (tertiary/aromatic N) is 4. The quantitative estimate of drug-likeness (QED) is 0.124. The fraction of sp³-hybridized carbons (Fsp3) is 0.121. The fourth-order valence-electron chi connectivity index (χ4n) is 4.54. The molecule has 0 bridgehead atoms. The number of para-hydroxylation sites is 3. The van der Waals surface area contributed by atoms with Crippen LogP contribution in [-0.4, -0.2) is 45.7 Å². The monoisotopic (exact) mass is 607 g/mol. The van der Waals surface area contributed by atoms with Crippen molar-refractivity contribution in [2.45, 2.75) is 13.0 Å². The zero-order valence-electron chi connectivity index (χ0n) is 24.3. The highest BCUT2D eigenvalue weighted by atomic mass is 19.1. The number of hydrogen-bond donors (Lipinski definition) is 4. The van der Waals surface area contributed by atoms with Gasteiger partial charge >= 0.3 is 12.0 Å². The molecule has 5 aromatic rings. The van der Waals surface area contributed by atoms with Crippen molar-refractivity contribution in [1.29, 1.82) is 0 Å². The molecule has 0 radical (unpaired) electrons. The van der Waals surface area contributed by atoms with E-state index in [4.69, 9.17) is 4.74 Å². The molecule has 0 fully saturated rings. The number of urea groups is 1. The maximum atomic E-state index is 14.0. The first kappa shape index (κ1) is 30.4. The summed E-state index contributed by atoms with van der Waals surface area (Å²) < 4.78 is 19.3. The Morgan fingerprint density at radius 2 is 1.53 bits per heavy atom. The standard InChI is InChI=1S/C33H30FN7O4/c1-45-28-17-8-7-16-27(28)36-33(44)40-31-37-30(35-26-15-6-5-14-25(26)23-11-3-2-4-12-23)38-32(39-31)41(19-18-29(42)43)21-22-10-9-13-24(34)20-22/h2-17,20H,18-19,21H2,1H3,(H,42,43)(H3,35,36,37,38,39,40,44). The lowest BCUT2D eigenvalue weighted by Crippen LogP contribution is -2.29. The molecule has 2 amide bonds. The van der Waals surface area contributed by atoms with Crippen LogP contribution in [0.4, 0.5) is 38.4 Å². The minimum atomic E-state index is -1.03. The van der Waals surface area contributed by atoms with Crippen LogP contribution in [-0.2, 0) is 11.3 Å². The molecular weight excluding hydrogens is 577 g/mol. The number of aliphatic carboxylic acids is 1. The van der Waals surface area contributed by atoms with E-state index < -0.39 is 17.8 Å². The highest BCUT2D eigenvalue weighted by Gasteiger charge is 2.19. The molecule has 11 nitrogen and oxygen atoms in total. The van der Waals surface area contributed by atoms with E-state index in [9.17, 15) is 19.1 Å². The number of carboxylic acids is 1. The Balaban J connectivity index is 1.52. The van der Waals surface area contributed by atoms with Crippen LogP contribution in [0.2, 0.25) is 0 Å². The fourth-order valence-corrected chi connectivity index (χ4v) is 4.54. The number of benzene rings is 4. The van der Waals surface area contributed by atoms with Gasteiger partial charge in [0, 0.05) is 24.3 Å². The van der Waals surface area contributed by atoms with Crippen LogP contribution in [0.25, 0.3) is 11.1 Å². The van der Waals surface area contributed by atoms with Gasteiger partial charge in [-0.3, -0.25) is 10.1 Å². The van der Waals surface area contributed by atoms with E-state index in [-0.39, 0.29) is 37.4 Å². The van der Waals surface area contributed by atoms with Crippen molar-refractivity contribution in [3.63, 3.8) is 0 Å². The number of methoxy groups -OCH3 is 1. The predicted molar refractivity (Wildman–Crippen MR) is 170 cm³/mol. The number of carbonyl (C=O) groups excluding carboxylic acids is 1. The number of ether oxygens (including phenoxy) is 1. The van der Waals surface area contributed by atoms with Gasteiger partial charge in [-0.15, -0.1) is 0 Å². The third-order valence-corrected chi connectivity index (χ3v) is 6.60. The van der Waals surface area contributed by atoms with E-state index in [2.05, 4.69) is 30.9 Å². The molecular formula is C33H30FN7O4. The minimum absolute atomic E-state index is 0.00273. The van der Waals surface area contributed by atoms with Crippen LogP contribution in [0, 0.1) is 5.82 Å². The molecule has 5 rings (SSSR count). The van der Waals surface area contributed by atoms with Gasteiger partial charge in [0.2, 0.25) is 17.8 Å². The molecule has 1 aromatic heterocycles. The Labute approximate surface area is 258 Å². The lowest BCUT2D eigenvalue weighted by molar-refractivity contribution is -0.136. The number of anilines is 5. The minimum Gasteiger partial charge on any atom is -0.495 e. The van der Waals surface area contributed by atoms with Gasteiger partial charge in [0.05, 0.1) is 19.2 Å². The average Bonchev–Trinajstić information content (AvgIpc) is 3.04. The van der Waals surface area contributed by atoms with Crippen molar-refractivity contribution in [3.05, 3.63) is 115 Å². The molecule has 0 unspecified atom stereocenters. The predicted octanol–water partition coefficient (Wildman–Crippen LogP) is 6.56. The largest absolute Gasteiger partial charge is 0.495 e. The number of carbonyl (C=O) groups is 2. The first-order valence-electron chi connectivity index (χ1n) is 14.0. The Morgan fingerprint density at radius 1 is 0.822 bits per heavy atom. The maximum Gasteiger partial charge on any atom is 0.326 e. The van der Waals surface area contributed by atoms with Crippen molar-refractivity contribution < 1.29 is 23.8 Å². The molecule has 4 aromatic carbocycles. The molecule has 0 aliphatic rings. The summed E-state index contributed by atoms with van der Waals surface area (Å²) in [5.41, 5.74) is 3.53. The number of halogens is 1. The smallest absolute Gasteiger partial charge is 0.326 e. The molecule has 228 valence electrons. The molecule has 4 N–H and O–H groups in total. The summed E-state index contributed by atoms with van der Waals surface area (Å²) in [5.74, 6) is -0.946. The van der Waals surface area contributed by atoms with Crippen molar-refractivity contribution >= 4 is 41.2 Å². The summed E-state index contributed by atoms with van der Waals surface area (Å²) in [4.78, 5) is 39.7.